The highest BCUT2D eigenvalue weighted by molar-refractivity contribution is 5.80. The topological polar surface area (TPSA) is 41.1 Å². The predicted octanol–water partition coefficient (Wildman–Crippen LogP) is 1.78. The van der Waals surface area contributed by atoms with Gasteiger partial charge in [-0.1, -0.05) is 29.8 Å². The Morgan fingerprint density at radius 2 is 2.00 bits per heavy atom. The van der Waals surface area contributed by atoms with Crippen molar-refractivity contribution in [2.75, 3.05) is 7.05 Å². The minimum atomic E-state index is -0.180. The van der Waals surface area contributed by atoms with E-state index >= 15 is 0 Å². The first-order valence-corrected chi connectivity index (χ1v) is 5.58. The van der Waals surface area contributed by atoms with E-state index in [2.05, 4.69) is 42.7 Å². The zero-order valence-electron chi connectivity index (χ0n) is 10.4. The SMILES string of the molecule is CNC(=O)[C@@H](C)NC(C)c1cccc(C)c1. The third-order valence-electron chi connectivity index (χ3n) is 2.68. The molecule has 0 aliphatic carbocycles. The van der Waals surface area contributed by atoms with Crippen molar-refractivity contribution in [1.29, 1.82) is 0 Å². The summed E-state index contributed by atoms with van der Waals surface area (Å²) in [6.45, 7) is 6.00. The fourth-order valence-corrected chi connectivity index (χ4v) is 1.70. The van der Waals surface area contributed by atoms with E-state index in [-0.39, 0.29) is 18.0 Å². The molecule has 0 fully saturated rings. The number of hydrogen-bond donors (Lipinski definition) is 2. The fourth-order valence-electron chi connectivity index (χ4n) is 1.70. The molecule has 3 heteroatoms. The van der Waals surface area contributed by atoms with Crippen molar-refractivity contribution in [2.45, 2.75) is 32.9 Å². The van der Waals surface area contributed by atoms with Crippen LogP contribution in [0.4, 0.5) is 0 Å². The van der Waals surface area contributed by atoms with E-state index < -0.39 is 0 Å². The van der Waals surface area contributed by atoms with Crippen LogP contribution >= 0.6 is 0 Å². The zero-order valence-corrected chi connectivity index (χ0v) is 10.4. The normalized spacial score (nSPS) is 14.2. The molecule has 16 heavy (non-hydrogen) atoms. The Bertz CT molecular complexity index is 363. The van der Waals surface area contributed by atoms with Crippen molar-refractivity contribution in [3.05, 3.63) is 35.4 Å². The van der Waals surface area contributed by atoms with E-state index in [4.69, 9.17) is 0 Å². The summed E-state index contributed by atoms with van der Waals surface area (Å²) in [6.07, 6.45) is 0. The number of likely N-dealkylation sites (N-methyl/N-ethyl adjacent to an activating group) is 1. The van der Waals surface area contributed by atoms with Gasteiger partial charge < -0.3 is 5.32 Å². The Morgan fingerprint density at radius 1 is 1.31 bits per heavy atom. The lowest BCUT2D eigenvalue weighted by molar-refractivity contribution is -0.122. The minimum Gasteiger partial charge on any atom is -0.358 e. The molecule has 0 radical (unpaired) electrons. The molecule has 1 aromatic rings. The van der Waals surface area contributed by atoms with Crippen LogP contribution in [0.15, 0.2) is 24.3 Å². The molecule has 0 bridgehead atoms. The van der Waals surface area contributed by atoms with Crippen molar-refractivity contribution in [3.8, 4) is 0 Å². The van der Waals surface area contributed by atoms with Crippen LogP contribution in [-0.4, -0.2) is 19.0 Å². The summed E-state index contributed by atoms with van der Waals surface area (Å²) >= 11 is 0. The average Bonchev–Trinajstić information content (AvgIpc) is 2.27. The highest BCUT2D eigenvalue weighted by Crippen LogP contribution is 2.14. The molecule has 2 atom stereocenters. The number of benzene rings is 1. The molecular formula is C13H20N2O. The Hall–Kier alpha value is -1.35. The largest absolute Gasteiger partial charge is 0.358 e. The van der Waals surface area contributed by atoms with Crippen molar-refractivity contribution in [1.82, 2.24) is 10.6 Å². The average molecular weight is 220 g/mol. The lowest BCUT2D eigenvalue weighted by Crippen LogP contribution is -2.41. The van der Waals surface area contributed by atoms with Gasteiger partial charge in [0.05, 0.1) is 6.04 Å². The smallest absolute Gasteiger partial charge is 0.236 e. The quantitative estimate of drug-likeness (QED) is 0.812. The van der Waals surface area contributed by atoms with Gasteiger partial charge in [-0.2, -0.15) is 0 Å². The maximum atomic E-state index is 11.4. The van der Waals surface area contributed by atoms with Gasteiger partial charge in [-0.25, -0.2) is 0 Å². The van der Waals surface area contributed by atoms with Gasteiger partial charge >= 0.3 is 0 Å². The van der Waals surface area contributed by atoms with E-state index in [1.165, 1.54) is 11.1 Å². The lowest BCUT2D eigenvalue weighted by Gasteiger charge is -2.19. The number of aryl methyl sites for hydroxylation is 1. The van der Waals surface area contributed by atoms with Crippen LogP contribution in [0.25, 0.3) is 0 Å². The monoisotopic (exact) mass is 220 g/mol. The summed E-state index contributed by atoms with van der Waals surface area (Å²) < 4.78 is 0. The highest BCUT2D eigenvalue weighted by atomic mass is 16.2. The zero-order chi connectivity index (χ0) is 12.1. The van der Waals surface area contributed by atoms with E-state index in [0.29, 0.717) is 0 Å². The molecule has 0 heterocycles. The Morgan fingerprint density at radius 3 is 2.56 bits per heavy atom. The van der Waals surface area contributed by atoms with Crippen molar-refractivity contribution in [3.63, 3.8) is 0 Å². The van der Waals surface area contributed by atoms with Crippen LogP contribution in [0, 0.1) is 6.92 Å². The van der Waals surface area contributed by atoms with Crippen LogP contribution in [0.5, 0.6) is 0 Å². The van der Waals surface area contributed by atoms with Crippen molar-refractivity contribution in [2.24, 2.45) is 0 Å². The number of nitrogens with one attached hydrogen (secondary N) is 2. The van der Waals surface area contributed by atoms with Crippen LogP contribution in [0.3, 0.4) is 0 Å². The third kappa shape index (κ3) is 3.35. The minimum absolute atomic E-state index is 0.0134. The van der Waals surface area contributed by atoms with Crippen molar-refractivity contribution >= 4 is 5.91 Å². The molecule has 0 saturated carbocycles. The molecule has 1 unspecified atom stereocenters. The first-order chi connectivity index (χ1) is 7.54. The molecular weight excluding hydrogens is 200 g/mol. The molecule has 0 saturated heterocycles. The summed E-state index contributed by atoms with van der Waals surface area (Å²) in [6, 6.07) is 8.30. The molecule has 2 N–H and O–H groups in total. The van der Waals surface area contributed by atoms with Gasteiger partial charge in [0.15, 0.2) is 0 Å². The highest BCUT2D eigenvalue weighted by Gasteiger charge is 2.14. The Kier molecular flexibility index (Phi) is 4.50. The molecule has 1 aromatic carbocycles. The Labute approximate surface area is 97.2 Å². The predicted molar refractivity (Wildman–Crippen MR) is 66.3 cm³/mol. The number of carbonyl (C=O) groups excluding carboxylic acids is 1. The molecule has 0 aliphatic heterocycles. The van der Waals surface area contributed by atoms with E-state index in [0.717, 1.165) is 0 Å². The van der Waals surface area contributed by atoms with Gasteiger partial charge in [0, 0.05) is 13.1 Å². The fraction of sp³-hybridized carbons (Fsp3) is 0.462. The molecule has 1 rings (SSSR count). The number of rotatable bonds is 4. The third-order valence-corrected chi connectivity index (χ3v) is 2.68. The van der Waals surface area contributed by atoms with Gasteiger partial charge in [-0.05, 0) is 26.3 Å². The lowest BCUT2D eigenvalue weighted by atomic mass is 10.1. The van der Waals surface area contributed by atoms with Crippen LogP contribution in [0.2, 0.25) is 0 Å². The van der Waals surface area contributed by atoms with Gasteiger partial charge in [0.25, 0.3) is 0 Å². The molecule has 1 amide bonds. The van der Waals surface area contributed by atoms with E-state index in [1.54, 1.807) is 7.05 Å². The molecule has 3 nitrogen and oxygen atoms in total. The molecule has 88 valence electrons. The van der Waals surface area contributed by atoms with Gasteiger partial charge in [-0.3, -0.25) is 10.1 Å². The van der Waals surface area contributed by atoms with Crippen molar-refractivity contribution < 1.29 is 4.79 Å². The van der Waals surface area contributed by atoms with Gasteiger partial charge in [0.1, 0.15) is 0 Å². The van der Waals surface area contributed by atoms with Crippen LogP contribution in [-0.2, 0) is 4.79 Å². The summed E-state index contributed by atoms with van der Waals surface area (Å²) in [5, 5.41) is 5.89. The number of hydrogen-bond acceptors (Lipinski definition) is 2. The van der Waals surface area contributed by atoms with Crippen LogP contribution in [0.1, 0.15) is 31.0 Å². The second kappa shape index (κ2) is 5.66. The second-order valence-corrected chi connectivity index (χ2v) is 4.14. The Balaban J connectivity index is 2.65. The summed E-state index contributed by atoms with van der Waals surface area (Å²) in [5.41, 5.74) is 2.44. The van der Waals surface area contributed by atoms with E-state index in [1.807, 2.05) is 13.0 Å². The molecule has 0 aromatic heterocycles. The summed E-state index contributed by atoms with van der Waals surface area (Å²) in [4.78, 5) is 11.4. The first-order valence-electron chi connectivity index (χ1n) is 5.58. The maximum absolute atomic E-state index is 11.4. The second-order valence-electron chi connectivity index (χ2n) is 4.14. The standard InChI is InChI=1S/C13H20N2O/c1-9-6-5-7-12(8-9)10(2)15-11(3)13(16)14-4/h5-8,10-11,15H,1-4H3,(H,14,16)/t10?,11-/m1/s1. The summed E-state index contributed by atoms with van der Waals surface area (Å²) in [7, 11) is 1.65. The number of carbonyl (C=O) groups is 1. The first kappa shape index (κ1) is 12.7. The summed E-state index contributed by atoms with van der Waals surface area (Å²) in [5.74, 6) is 0.0134. The number of amides is 1. The van der Waals surface area contributed by atoms with Crippen LogP contribution < -0.4 is 10.6 Å². The van der Waals surface area contributed by atoms with E-state index in [9.17, 15) is 4.79 Å². The van der Waals surface area contributed by atoms with Gasteiger partial charge in [-0.15, -0.1) is 0 Å². The molecule has 0 aliphatic rings. The van der Waals surface area contributed by atoms with Gasteiger partial charge in [0.2, 0.25) is 5.91 Å². The molecule has 0 spiro atoms. The maximum Gasteiger partial charge on any atom is 0.236 e.